The van der Waals surface area contributed by atoms with Gasteiger partial charge >= 0.3 is 0 Å². The minimum absolute atomic E-state index is 0.0547. The van der Waals surface area contributed by atoms with Crippen LogP contribution in [-0.2, 0) is 10.0 Å². The summed E-state index contributed by atoms with van der Waals surface area (Å²) >= 11 is 0. The van der Waals surface area contributed by atoms with Crippen molar-refractivity contribution in [2.75, 3.05) is 10.0 Å². The number of benzene rings is 3. The number of carbonyl (C=O) groups is 1. The third kappa shape index (κ3) is 5.49. The number of nitrogens with zero attached hydrogens (tertiary/aromatic N) is 2. The number of nitro benzene ring substituents is 2. The van der Waals surface area contributed by atoms with Crippen LogP contribution in [0.25, 0.3) is 0 Å². The minimum Gasteiger partial charge on any atom is -0.322 e. The quantitative estimate of drug-likeness (QED) is 0.387. The molecule has 3 aromatic carbocycles. The number of non-ortho nitro benzene ring substituents is 1. The first-order valence-corrected chi connectivity index (χ1v) is 10.9. The lowest BCUT2D eigenvalue weighted by atomic mass is 10.1. The highest BCUT2D eigenvalue weighted by molar-refractivity contribution is 7.92. The molecule has 0 spiro atoms. The Morgan fingerprint density at radius 2 is 1.42 bits per heavy atom. The summed E-state index contributed by atoms with van der Waals surface area (Å²) in [5, 5.41) is 24.5. The Kier molecular flexibility index (Phi) is 6.40. The van der Waals surface area contributed by atoms with Crippen molar-refractivity contribution in [3.05, 3.63) is 97.6 Å². The van der Waals surface area contributed by atoms with Gasteiger partial charge in [0, 0.05) is 17.4 Å². The summed E-state index contributed by atoms with van der Waals surface area (Å²) in [4.78, 5) is 32.8. The first-order valence-electron chi connectivity index (χ1n) is 9.41. The summed E-state index contributed by atoms with van der Waals surface area (Å²) in [5.41, 5.74) is 0.756. The van der Waals surface area contributed by atoms with E-state index in [1.807, 2.05) is 19.9 Å². The Morgan fingerprint density at radius 3 is 1.97 bits per heavy atom. The third-order valence-corrected chi connectivity index (χ3v) is 5.93. The van der Waals surface area contributed by atoms with E-state index in [1.54, 1.807) is 12.1 Å². The molecule has 0 aliphatic carbocycles. The number of hydrogen-bond acceptors (Lipinski definition) is 7. The molecule has 0 radical (unpaired) electrons. The molecule has 33 heavy (non-hydrogen) atoms. The molecule has 0 bridgehead atoms. The first-order chi connectivity index (χ1) is 15.5. The lowest BCUT2D eigenvalue weighted by Crippen LogP contribution is -2.15. The van der Waals surface area contributed by atoms with Gasteiger partial charge in [0.1, 0.15) is 5.56 Å². The van der Waals surface area contributed by atoms with E-state index < -0.39 is 37.2 Å². The highest BCUT2D eigenvalue weighted by Gasteiger charge is 2.24. The Morgan fingerprint density at radius 1 is 0.818 bits per heavy atom. The first kappa shape index (κ1) is 23.3. The van der Waals surface area contributed by atoms with Gasteiger partial charge in [-0.1, -0.05) is 6.07 Å². The Bertz CT molecular complexity index is 1350. The predicted octanol–water partition coefficient (Wildman–Crippen LogP) is 4.17. The lowest BCUT2D eigenvalue weighted by molar-refractivity contribution is -0.394. The largest absolute Gasteiger partial charge is 0.322 e. The maximum atomic E-state index is 12.7. The molecule has 1 amide bonds. The molecule has 0 saturated carbocycles. The van der Waals surface area contributed by atoms with Crippen LogP contribution in [0.15, 0.2) is 65.6 Å². The van der Waals surface area contributed by atoms with Crippen LogP contribution in [0.3, 0.4) is 0 Å². The van der Waals surface area contributed by atoms with E-state index >= 15 is 0 Å². The van der Waals surface area contributed by atoms with Crippen LogP contribution in [-0.4, -0.2) is 24.2 Å². The predicted molar refractivity (Wildman–Crippen MR) is 121 cm³/mol. The molecule has 0 atom stereocenters. The van der Waals surface area contributed by atoms with Crippen molar-refractivity contribution < 1.29 is 23.1 Å². The SMILES string of the molecule is Cc1cc(C)cc(NS(=O)(=O)c2ccc(NC(=O)c3ccc([N+](=O)[O-])cc3[N+](=O)[O-])cc2)c1. The smallest absolute Gasteiger partial charge is 0.289 e. The van der Waals surface area contributed by atoms with Gasteiger partial charge in [-0.05, 0) is 67.4 Å². The summed E-state index contributed by atoms with van der Waals surface area (Å²) in [6, 6.07) is 13.1. The molecule has 0 unspecified atom stereocenters. The number of nitro groups is 2. The molecule has 0 aromatic heterocycles. The van der Waals surface area contributed by atoms with Crippen LogP contribution in [0.4, 0.5) is 22.7 Å². The van der Waals surface area contributed by atoms with Crippen molar-refractivity contribution in [3.63, 3.8) is 0 Å². The molecule has 11 nitrogen and oxygen atoms in total. The summed E-state index contributed by atoms with van der Waals surface area (Å²) in [6.07, 6.45) is 0. The summed E-state index contributed by atoms with van der Waals surface area (Å²) in [6.45, 7) is 3.69. The minimum atomic E-state index is -3.89. The molecule has 0 saturated heterocycles. The highest BCUT2D eigenvalue weighted by atomic mass is 32.2. The van der Waals surface area contributed by atoms with E-state index in [0.29, 0.717) is 11.8 Å². The fourth-order valence-electron chi connectivity index (χ4n) is 3.14. The standard InChI is InChI=1S/C21H18N4O7S/c1-13-9-14(2)11-16(10-13)23-33(31,32)18-6-3-15(4-7-18)22-21(26)19-8-5-17(24(27)28)12-20(19)25(29)30/h3-12,23H,1-2H3,(H,22,26). The lowest BCUT2D eigenvalue weighted by Gasteiger charge is -2.11. The van der Waals surface area contributed by atoms with Gasteiger partial charge < -0.3 is 5.32 Å². The van der Waals surface area contributed by atoms with Crippen molar-refractivity contribution in [3.8, 4) is 0 Å². The fourth-order valence-corrected chi connectivity index (χ4v) is 4.18. The fraction of sp³-hybridized carbons (Fsp3) is 0.0952. The van der Waals surface area contributed by atoms with Gasteiger partial charge in [0.25, 0.3) is 27.3 Å². The number of rotatable bonds is 7. The average Bonchev–Trinajstić information content (AvgIpc) is 2.72. The second kappa shape index (κ2) is 9.04. The molecule has 0 aliphatic rings. The maximum absolute atomic E-state index is 12.7. The van der Waals surface area contributed by atoms with Gasteiger partial charge in [0.2, 0.25) is 0 Å². The molecular weight excluding hydrogens is 452 g/mol. The van der Waals surface area contributed by atoms with Crippen LogP contribution >= 0.6 is 0 Å². The molecule has 0 fully saturated rings. The molecular formula is C21H18N4O7S. The van der Waals surface area contributed by atoms with Gasteiger partial charge in [-0.2, -0.15) is 0 Å². The zero-order valence-corrected chi connectivity index (χ0v) is 18.3. The van der Waals surface area contributed by atoms with E-state index in [-0.39, 0.29) is 16.1 Å². The van der Waals surface area contributed by atoms with Gasteiger partial charge in [-0.15, -0.1) is 0 Å². The van der Waals surface area contributed by atoms with Crippen molar-refractivity contribution in [1.29, 1.82) is 0 Å². The summed E-state index contributed by atoms with van der Waals surface area (Å²) in [7, 11) is -3.89. The molecule has 3 aromatic rings. The van der Waals surface area contributed by atoms with E-state index in [0.717, 1.165) is 23.3 Å². The van der Waals surface area contributed by atoms with Gasteiger partial charge in [0.05, 0.1) is 20.8 Å². The van der Waals surface area contributed by atoms with Crippen LogP contribution < -0.4 is 10.0 Å². The topological polar surface area (TPSA) is 162 Å². The number of anilines is 2. The van der Waals surface area contributed by atoms with Crippen molar-refractivity contribution in [1.82, 2.24) is 0 Å². The third-order valence-electron chi connectivity index (χ3n) is 4.53. The van der Waals surface area contributed by atoms with E-state index in [1.165, 1.54) is 24.3 Å². The second-order valence-corrected chi connectivity index (χ2v) is 8.86. The van der Waals surface area contributed by atoms with Crippen molar-refractivity contribution >= 4 is 38.7 Å². The van der Waals surface area contributed by atoms with Crippen LogP contribution in [0.5, 0.6) is 0 Å². The molecule has 12 heteroatoms. The summed E-state index contributed by atoms with van der Waals surface area (Å²) in [5.74, 6) is -0.874. The average molecular weight is 470 g/mol. The maximum Gasteiger partial charge on any atom is 0.289 e. The molecule has 0 aliphatic heterocycles. The number of sulfonamides is 1. The van der Waals surface area contributed by atoms with Gasteiger partial charge in [0.15, 0.2) is 0 Å². The van der Waals surface area contributed by atoms with Crippen LogP contribution in [0.2, 0.25) is 0 Å². The monoisotopic (exact) mass is 470 g/mol. The Balaban J connectivity index is 1.80. The number of hydrogen-bond donors (Lipinski definition) is 2. The molecule has 170 valence electrons. The second-order valence-electron chi connectivity index (χ2n) is 7.18. The van der Waals surface area contributed by atoms with Gasteiger partial charge in [-0.3, -0.25) is 29.7 Å². The summed E-state index contributed by atoms with van der Waals surface area (Å²) < 4.78 is 27.8. The van der Waals surface area contributed by atoms with Crippen molar-refractivity contribution in [2.24, 2.45) is 0 Å². The molecule has 2 N–H and O–H groups in total. The van der Waals surface area contributed by atoms with E-state index in [9.17, 15) is 33.4 Å². The number of aryl methyl sites for hydroxylation is 2. The molecule has 3 rings (SSSR count). The van der Waals surface area contributed by atoms with E-state index in [4.69, 9.17) is 0 Å². The Hall–Kier alpha value is -4.32. The van der Waals surface area contributed by atoms with Crippen molar-refractivity contribution in [2.45, 2.75) is 18.7 Å². The van der Waals surface area contributed by atoms with Crippen LogP contribution in [0, 0.1) is 34.1 Å². The zero-order valence-electron chi connectivity index (χ0n) is 17.4. The normalized spacial score (nSPS) is 11.0. The number of nitrogens with one attached hydrogen (secondary N) is 2. The Labute approximate surface area is 188 Å². The van der Waals surface area contributed by atoms with Gasteiger partial charge in [-0.25, -0.2) is 8.42 Å². The molecule has 0 heterocycles. The number of amides is 1. The van der Waals surface area contributed by atoms with Crippen LogP contribution in [0.1, 0.15) is 21.5 Å². The number of carbonyl (C=O) groups excluding carboxylic acids is 1. The highest BCUT2D eigenvalue weighted by Crippen LogP contribution is 2.26. The van der Waals surface area contributed by atoms with E-state index in [2.05, 4.69) is 10.0 Å². The zero-order chi connectivity index (χ0) is 24.3.